The van der Waals surface area contributed by atoms with Crippen LogP contribution in [-0.4, -0.2) is 18.5 Å². The Bertz CT molecular complexity index is 1170. The summed E-state index contributed by atoms with van der Waals surface area (Å²) in [5, 5.41) is 6.42. The molecule has 0 radical (unpaired) electrons. The summed E-state index contributed by atoms with van der Waals surface area (Å²) >= 11 is 0. The molecule has 33 heavy (non-hydrogen) atoms. The lowest BCUT2D eigenvalue weighted by Crippen LogP contribution is -2.42. The van der Waals surface area contributed by atoms with Gasteiger partial charge in [0.05, 0.1) is 12.1 Å². The molecular formula is C27H28N4O2. The quantitative estimate of drug-likeness (QED) is 0.498. The van der Waals surface area contributed by atoms with Gasteiger partial charge in [-0.05, 0) is 53.8 Å². The highest BCUT2D eigenvalue weighted by Crippen LogP contribution is 2.28. The molecule has 4 rings (SSSR count). The largest absolute Gasteiger partial charge is 0.355 e. The van der Waals surface area contributed by atoms with Crippen molar-refractivity contribution < 1.29 is 9.59 Å². The average molecular weight is 441 g/mol. The van der Waals surface area contributed by atoms with E-state index in [-0.39, 0.29) is 18.4 Å². The fourth-order valence-electron chi connectivity index (χ4n) is 3.94. The molecule has 3 aromatic carbocycles. The number of para-hydroxylation sites is 1. The van der Waals surface area contributed by atoms with Crippen molar-refractivity contribution in [2.24, 2.45) is 5.73 Å². The van der Waals surface area contributed by atoms with E-state index in [9.17, 15) is 9.59 Å². The lowest BCUT2D eigenvalue weighted by Gasteiger charge is -2.18. The Morgan fingerprint density at radius 2 is 1.67 bits per heavy atom. The summed E-state index contributed by atoms with van der Waals surface area (Å²) in [5.41, 5.74) is 12.4. The summed E-state index contributed by atoms with van der Waals surface area (Å²) in [6.45, 7) is 2.97. The zero-order valence-corrected chi connectivity index (χ0v) is 18.7. The highest BCUT2D eigenvalue weighted by atomic mass is 16.2. The van der Waals surface area contributed by atoms with Crippen molar-refractivity contribution in [2.45, 2.75) is 26.3 Å². The number of benzene rings is 3. The zero-order valence-electron chi connectivity index (χ0n) is 18.7. The summed E-state index contributed by atoms with van der Waals surface area (Å²) in [7, 11) is 0. The van der Waals surface area contributed by atoms with Crippen molar-refractivity contribution in [3.8, 4) is 0 Å². The third-order valence-corrected chi connectivity index (χ3v) is 5.75. The molecule has 3 aromatic rings. The molecule has 0 aromatic heterocycles. The fourth-order valence-corrected chi connectivity index (χ4v) is 3.94. The SMILES string of the molecule is C/C(CCNC(=O)N1C(=O)Cc2ccccc21)=C(/Nc1ccc(CN)cc1)c1ccccc1. The molecule has 1 heterocycles. The van der Waals surface area contributed by atoms with Crippen molar-refractivity contribution in [2.75, 3.05) is 16.8 Å². The van der Waals surface area contributed by atoms with Gasteiger partial charge in [0.25, 0.3) is 0 Å². The molecule has 6 nitrogen and oxygen atoms in total. The van der Waals surface area contributed by atoms with Crippen LogP contribution in [0.1, 0.15) is 30.0 Å². The van der Waals surface area contributed by atoms with Crippen molar-refractivity contribution in [1.82, 2.24) is 5.32 Å². The minimum atomic E-state index is -0.385. The molecule has 1 aliphatic heterocycles. The van der Waals surface area contributed by atoms with E-state index in [1.165, 1.54) is 4.90 Å². The van der Waals surface area contributed by atoms with Gasteiger partial charge in [-0.15, -0.1) is 0 Å². The molecule has 0 unspecified atom stereocenters. The molecule has 1 aliphatic rings. The highest BCUT2D eigenvalue weighted by molar-refractivity contribution is 6.18. The highest BCUT2D eigenvalue weighted by Gasteiger charge is 2.31. The second kappa shape index (κ2) is 10.1. The third-order valence-electron chi connectivity index (χ3n) is 5.75. The van der Waals surface area contributed by atoms with Gasteiger partial charge in [0.1, 0.15) is 0 Å². The van der Waals surface area contributed by atoms with Crippen LogP contribution in [0.25, 0.3) is 5.70 Å². The Morgan fingerprint density at radius 3 is 2.39 bits per heavy atom. The van der Waals surface area contributed by atoms with Crippen LogP contribution in [-0.2, 0) is 17.8 Å². The summed E-state index contributed by atoms with van der Waals surface area (Å²) in [6.07, 6.45) is 0.890. The number of nitrogens with one attached hydrogen (secondary N) is 2. The van der Waals surface area contributed by atoms with E-state index in [4.69, 9.17) is 5.73 Å². The number of anilines is 2. The van der Waals surface area contributed by atoms with E-state index in [0.717, 1.165) is 33.6 Å². The molecule has 6 heteroatoms. The first-order chi connectivity index (χ1) is 16.1. The van der Waals surface area contributed by atoms with Gasteiger partial charge in [0, 0.05) is 24.5 Å². The van der Waals surface area contributed by atoms with E-state index < -0.39 is 0 Å². The Labute approximate surface area is 194 Å². The summed E-state index contributed by atoms with van der Waals surface area (Å²) in [6, 6.07) is 25.1. The van der Waals surface area contributed by atoms with Crippen LogP contribution >= 0.6 is 0 Å². The van der Waals surface area contributed by atoms with Crippen LogP contribution in [0, 0.1) is 0 Å². The maximum Gasteiger partial charge on any atom is 0.328 e. The number of hydrogen-bond donors (Lipinski definition) is 3. The molecule has 0 spiro atoms. The van der Waals surface area contributed by atoms with Gasteiger partial charge in [-0.3, -0.25) is 4.79 Å². The molecule has 3 amide bonds. The van der Waals surface area contributed by atoms with Crippen LogP contribution in [0.3, 0.4) is 0 Å². The Balaban J connectivity index is 1.47. The normalized spacial score (nSPS) is 13.4. The molecule has 0 aliphatic carbocycles. The second-order valence-electron chi connectivity index (χ2n) is 8.06. The molecule has 4 N–H and O–H groups in total. The molecular weight excluding hydrogens is 412 g/mol. The zero-order chi connectivity index (χ0) is 23.2. The first-order valence-electron chi connectivity index (χ1n) is 11.1. The Kier molecular flexibility index (Phi) is 6.86. The smallest absolute Gasteiger partial charge is 0.328 e. The van der Waals surface area contributed by atoms with Gasteiger partial charge in [-0.1, -0.05) is 60.7 Å². The summed E-state index contributed by atoms with van der Waals surface area (Å²) in [4.78, 5) is 26.3. The Hall–Kier alpha value is -3.90. The number of imide groups is 1. The van der Waals surface area contributed by atoms with Gasteiger partial charge >= 0.3 is 6.03 Å². The first kappa shape index (κ1) is 22.3. The minimum absolute atomic E-state index is 0.200. The third kappa shape index (κ3) is 5.13. The first-order valence-corrected chi connectivity index (χ1v) is 11.1. The van der Waals surface area contributed by atoms with E-state index >= 15 is 0 Å². The Morgan fingerprint density at radius 1 is 0.970 bits per heavy atom. The molecule has 0 fully saturated rings. The van der Waals surface area contributed by atoms with E-state index in [1.54, 1.807) is 6.07 Å². The van der Waals surface area contributed by atoms with E-state index in [1.807, 2.05) is 67.6 Å². The standard InChI is InChI=1S/C27H28N4O2/c1-19(15-16-29-27(33)31-24-10-6-5-9-22(24)17-25(31)32)26(21-7-3-2-4-8-21)30-23-13-11-20(18-28)12-14-23/h2-14,30H,15-18,28H2,1H3,(H,29,33)/b26-19-. The maximum atomic E-state index is 12.7. The number of hydrogen-bond acceptors (Lipinski definition) is 4. The maximum absolute atomic E-state index is 12.7. The molecule has 0 atom stereocenters. The van der Waals surface area contributed by atoms with Crippen LogP contribution in [0.5, 0.6) is 0 Å². The monoisotopic (exact) mass is 440 g/mol. The molecule has 0 bridgehead atoms. The van der Waals surface area contributed by atoms with Gasteiger partial charge in [0.2, 0.25) is 5.91 Å². The van der Waals surface area contributed by atoms with Crippen LogP contribution in [0.15, 0.2) is 84.4 Å². The van der Waals surface area contributed by atoms with Crippen LogP contribution in [0.2, 0.25) is 0 Å². The lowest BCUT2D eigenvalue weighted by atomic mass is 10.0. The summed E-state index contributed by atoms with van der Waals surface area (Å²) < 4.78 is 0. The predicted octanol–water partition coefficient (Wildman–Crippen LogP) is 4.68. The van der Waals surface area contributed by atoms with Gasteiger partial charge in [-0.2, -0.15) is 0 Å². The second-order valence-corrected chi connectivity index (χ2v) is 8.06. The fraction of sp³-hybridized carbons (Fsp3) is 0.185. The number of carbonyl (C=O) groups is 2. The number of amides is 3. The number of nitrogens with zero attached hydrogens (tertiary/aromatic N) is 1. The average Bonchev–Trinajstić information content (AvgIpc) is 3.19. The van der Waals surface area contributed by atoms with Gasteiger partial charge in [0.15, 0.2) is 0 Å². The molecule has 168 valence electrons. The van der Waals surface area contributed by atoms with Crippen molar-refractivity contribution in [3.63, 3.8) is 0 Å². The number of rotatable bonds is 7. The summed E-state index contributed by atoms with van der Waals surface area (Å²) in [5.74, 6) is -0.200. The number of nitrogens with two attached hydrogens (primary N) is 1. The minimum Gasteiger partial charge on any atom is -0.355 e. The predicted molar refractivity (Wildman–Crippen MR) is 133 cm³/mol. The molecule has 0 saturated carbocycles. The number of carbonyl (C=O) groups excluding carboxylic acids is 2. The van der Waals surface area contributed by atoms with Crippen LogP contribution < -0.4 is 21.3 Å². The van der Waals surface area contributed by atoms with E-state index in [0.29, 0.717) is 25.2 Å². The number of fused-ring (bicyclic) bond motifs is 1. The van der Waals surface area contributed by atoms with Crippen molar-refractivity contribution in [3.05, 3.63) is 101 Å². The van der Waals surface area contributed by atoms with Crippen molar-refractivity contribution in [1.29, 1.82) is 0 Å². The number of urea groups is 1. The van der Waals surface area contributed by atoms with E-state index in [2.05, 4.69) is 22.8 Å². The van der Waals surface area contributed by atoms with Crippen molar-refractivity contribution >= 4 is 29.0 Å². The van der Waals surface area contributed by atoms with Gasteiger partial charge < -0.3 is 16.4 Å². The lowest BCUT2D eigenvalue weighted by molar-refractivity contribution is -0.116. The van der Waals surface area contributed by atoms with Gasteiger partial charge in [-0.25, -0.2) is 9.69 Å². The van der Waals surface area contributed by atoms with Crippen LogP contribution in [0.4, 0.5) is 16.2 Å². The topological polar surface area (TPSA) is 87.5 Å². The molecule has 0 saturated heterocycles.